The highest BCUT2D eigenvalue weighted by Gasteiger charge is 2.18. The second-order valence-electron chi connectivity index (χ2n) is 4.82. The average molecular weight is 192 g/mol. The molecule has 0 unspecified atom stereocenters. The fourth-order valence-electron chi connectivity index (χ4n) is 1.83. The first-order valence-electron chi connectivity index (χ1n) is 5.02. The molecule has 0 N–H and O–H groups in total. The first-order valence-corrected chi connectivity index (χ1v) is 5.02. The van der Waals surface area contributed by atoms with Gasteiger partial charge in [0, 0.05) is 0 Å². The highest BCUT2D eigenvalue weighted by atomic mass is 16.5. The Kier molecular flexibility index (Phi) is 2.89. The van der Waals surface area contributed by atoms with Crippen molar-refractivity contribution in [1.29, 1.82) is 0 Å². The van der Waals surface area contributed by atoms with Crippen molar-refractivity contribution >= 4 is 0 Å². The molecule has 0 aliphatic heterocycles. The standard InChI is InChI=1S/C13H20O/c1-9-10(2)12(14-6)8-7-11(9)13(3,4)5/h7-8H,1-6H3. The molecule has 0 saturated heterocycles. The number of methoxy groups -OCH3 is 1. The number of hydrogen-bond donors (Lipinski definition) is 0. The van der Waals surface area contributed by atoms with Gasteiger partial charge in [0.25, 0.3) is 0 Å². The number of benzene rings is 1. The van der Waals surface area contributed by atoms with E-state index in [1.807, 2.05) is 0 Å². The molecule has 0 radical (unpaired) electrons. The monoisotopic (exact) mass is 192 g/mol. The Morgan fingerprint density at radius 2 is 1.57 bits per heavy atom. The van der Waals surface area contributed by atoms with Gasteiger partial charge in [-0.3, -0.25) is 0 Å². The molecule has 0 saturated carbocycles. The molecular formula is C13H20O. The van der Waals surface area contributed by atoms with Gasteiger partial charge in [-0.05, 0) is 42.0 Å². The van der Waals surface area contributed by atoms with Gasteiger partial charge in [0.05, 0.1) is 7.11 Å². The van der Waals surface area contributed by atoms with Crippen LogP contribution in [0.25, 0.3) is 0 Å². The smallest absolute Gasteiger partial charge is 0.122 e. The van der Waals surface area contributed by atoms with Gasteiger partial charge in [0.1, 0.15) is 5.75 Å². The van der Waals surface area contributed by atoms with Gasteiger partial charge in [0.15, 0.2) is 0 Å². The number of hydrogen-bond acceptors (Lipinski definition) is 1. The molecule has 14 heavy (non-hydrogen) atoms. The van der Waals surface area contributed by atoms with E-state index in [0.717, 1.165) is 5.75 Å². The predicted octanol–water partition coefficient (Wildman–Crippen LogP) is 3.61. The molecule has 0 aliphatic rings. The van der Waals surface area contributed by atoms with Crippen LogP contribution in [-0.4, -0.2) is 7.11 Å². The minimum absolute atomic E-state index is 0.209. The Morgan fingerprint density at radius 3 is 2.00 bits per heavy atom. The van der Waals surface area contributed by atoms with Gasteiger partial charge in [-0.15, -0.1) is 0 Å². The van der Waals surface area contributed by atoms with Gasteiger partial charge in [0.2, 0.25) is 0 Å². The third-order valence-corrected chi connectivity index (χ3v) is 2.77. The molecule has 1 aromatic carbocycles. The fourth-order valence-corrected chi connectivity index (χ4v) is 1.83. The summed E-state index contributed by atoms with van der Waals surface area (Å²) in [5.74, 6) is 0.982. The minimum atomic E-state index is 0.209. The van der Waals surface area contributed by atoms with Crippen molar-refractivity contribution in [2.75, 3.05) is 7.11 Å². The molecule has 0 aromatic heterocycles. The van der Waals surface area contributed by atoms with E-state index >= 15 is 0 Å². The Morgan fingerprint density at radius 1 is 1.00 bits per heavy atom. The summed E-state index contributed by atoms with van der Waals surface area (Å²) >= 11 is 0. The largest absolute Gasteiger partial charge is 0.496 e. The lowest BCUT2D eigenvalue weighted by atomic mass is 9.82. The van der Waals surface area contributed by atoms with Crippen molar-refractivity contribution in [1.82, 2.24) is 0 Å². The molecule has 0 amide bonds. The molecule has 78 valence electrons. The van der Waals surface area contributed by atoms with Crippen LogP contribution in [0.2, 0.25) is 0 Å². The fraction of sp³-hybridized carbons (Fsp3) is 0.538. The summed E-state index contributed by atoms with van der Waals surface area (Å²) in [6, 6.07) is 4.23. The van der Waals surface area contributed by atoms with Crippen molar-refractivity contribution in [3.05, 3.63) is 28.8 Å². The zero-order chi connectivity index (χ0) is 10.9. The van der Waals surface area contributed by atoms with Gasteiger partial charge >= 0.3 is 0 Å². The van der Waals surface area contributed by atoms with Crippen LogP contribution in [0.1, 0.15) is 37.5 Å². The molecule has 1 heteroatoms. The second-order valence-corrected chi connectivity index (χ2v) is 4.82. The molecule has 0 bridgehead atoms. The van der Waals surface area contributed by atoms with Gasteiger partial charge in [-0.2, -0.15) is 0 Å². The van der Waals surface area contributed by atoms with Crippen LogP contribution in [0.15, 0.2) is 12.1 Å². The molecule has 0 heterocycles. The van der Waals surface area contributed by atoms with Crippen LogP contribution < -0.4 is 4.74 Å². The molecule has 1 rings (SSSR count). The van der Waals surface area contributed by atoms with Crippen LogP contribution in [0.4, 0.5) is 0 Å². The molecule has 1 aromatic rings. The van der Waals surface area contributed by atoms with Crippen LogP contribution in [0.5, 0.6) is 5.75 Å². The van der Waals surface area contributed by atoms with Crippen molar-refractivity contribution in [3.8, 4) is 5.75 Å². The third kappa shape index (κ3) is 1.92. The first kappa shape index (κ1) is 11.1. The molecule has 0 atom stereocenters. The Hall–Kier alpha value is -0.980. The molecular weight excluding hydrogens is 172 g/mol. The quantitative estimate of drug-likeness (QED) is 0.660. The number of rotatable bonds is 1. The maximum atomic E-state index is 5.29. The van der Waals surface area contributed by atoms with Crippen molar-refractivity contribution in [2.24, 2.45) is 0 Å². The lowest BCUT2D eigenvalue weighted by Crippen LogP contribution is -2.13. The van der Waals surface area contributed by atoms with Gasteiger partial charge in [-0.25, -0.2) is 0 Å². The summed E-state index contributed by atoms with van der Waals surface area (Å²) in [6.07, 6.45) is 0. The molecule has 0 fully saturated rings. The zero-order valence-corrected chi connectivity index (χ0v) is 10.1. The van der Waals surface area contributed by atoms with Crippen molar-refractivity contribution in [2.45, 2.75) is 40.0 Å². The Balaban J connectivity index is 3.31. The van der Waals surface area contributed by atoms with Crippen LogP contribution in [0, 0.1) is 13.8 Å². The van der Waals surface area contributed by atoms with E-state index in [0.29, 0.717) is 0 Å². The lowest BCUT2D eigenvalue weighted by molar-refractivity contribution is 0.410. The summed E-state index contributed by atoms with van der Waals surface area (Å²) in [6.45, 7) is 11.0. The summed E-state index contributed by atoms with van der Waals surface area (Å²) < 4.78 is 5.29. The zero-order valence-electron chi connectivity index (χ0n) is 10.1. The average Bonchev–Trinajstić information content (AvgIpc) is 2.07. The maximum Gasteiger partial charge on any atom is 0.122 e. The van der Waals surface area contributed by atoms with Crippen LogP contribution >= 0.6 is 0 Å². The van der Waals surface area contributed by atoms with E-state index < -0.39 is 0 Å². The van der Waals surface area contributed by atoms with Gasteiger partial charge < -0.3 is 4.74 Å². The maximum absolute atomic E-state index is 5.29. The molecule has 0 spiro atoms. The van der Waals surface area contributed by atoms with E-state index in [-0.39, 0.29) is 5.41 Å². The van der Waals surface area contributed by atoms with E-state index in [4.69, 9.17) is 4.74 Å². The van der Waals surface area contributed by atoms with E-state index in [1.165, 1.54) is 16.7 Å². The minimum Gasteiger partial charge on any atom is -0.496 e. The lowest BCUT2D eigenvalue weighted by Gasteiger charge is -2.23. The highest BCUT2D eigenvalue weighted by molar-refractivity contribution is 5.45. The predicted molar refractivity (Wildman–Crippen MR) is 61.2 cm³/mol. The SMILES string of the molecule is COc1ccc(C(C)(C)C)c(C)c1C. The summed E-state index contributed by atoms with van der Waals surface area (Å²) in [5.41, 5.74) is 4.20. The molecule has 0 aliphatic carbocycles. The summed E-state index contributed by atoms with van der Waals surface area (Å²) in [4.78, 5) is 0. The summed E-state index contributed by atoms with van der Waals surface area (Å²) in [5, 5.41) is 0. The second kappa shape index (κ2) is 3.64. The third-order valence-electron chi connectivity index (χ3n) is 2.77. The van der Waals surface area contributed by atoms with Crippen molar-refractivity contribution < 1.29 is 4.74 Å². The van der Waals surface area contributed by atoms with E-state index in [2.05, 4.69) is 46.8 Å². The van der Waals surface area contributed by atoms with Crippen molar-refractivity contribution in [3.63, 3.8) is 0 Å². The molecule has 1 nitrogen and oxygen atoms in total. The van der Waals surface area contributed by atoms with E-state index in [1.54, 1.807) is 7.11 Å². The normalized spacial score (nSPS) is 11.6. The topological polar surface area (TPSA) is 9.23 Å². The Labute approximate surface area is 87.1 Å². The first-order chi connectivity index (χ1) is 6.38. The summed E-state index contributed by atoms with van der Waals surface area (Å²) in [7, 11) is 1.72. The van der Waals surface area contributed by atoms with Crippen LogP contribution in [0.3, 0.4) is 0 Å². The number of ether oxygens (including phenoxy) is 1. The van der Waals surface area contributed by atoms with Crippen LogP contribution in [-0.2, 0) is 5.41 Å². The van der Waals surface area contributed by atoms with E-state index in [9.17, 15) is 0 Å². The Bertz CT molecular complexity index is 332. The van der Waals surface area contributed by atoms with Gasteiger partial charge in [-0.1, -0.05) is 26.8 Å². The highest BCUT2D eigenvalue weighted by Crippen LogP contribution is 2.31.